The second kappa shape index (κ2) is 10.3. The third-order valence-corrected chi connectivity index (χ3v) is 5.01. The van der Waals surface area contributed by atoms with Crippen LogP contribution in [0, 0.1) is 17.2 Å². The molecular formula is C24H27NO2. The zero-order valence-corrected chi connectivity index (χ0v) is 16.1. The first-order valence-electron chi connectivity index (χ1n) is 9.59. The number of hydrogen-bond acceptors (Lipinski definition) is 2. The number of carboxylic acid groups (broad SMARTS) is 1. The Morgan fingerprint density at radius 2 is 1.74 bits per heavy atom. The highest BCUT2D eigenvalue weighted by atomic mass is 16.4. The van der Waals surface area contributed by atoms with Crippen LogP contribution in [0.4, 0.5) is 0 Å². The molecule has 27 heavy (non-hydrogen) atoms. The van der Waals surface area contributed by atoms with Crippen LogP contribution in [0.1, 0.15) is 56.2 Å². The number of carboxylic acids is 1. The highest BCUT2D eigenvalue weighted by Crippen LogP contribution is 2.30. The smallest absolute Gasteiger partial charge is 0.347 e. The van der Waals surface area contributed by atoms with Gasteiger partial charge in [-0.1, -0.05) is 87.7 Å². The molecule has 0 saturated heterocycles. The molecule has 0 fully saturated rings. The molecule has 0 spiro atoms. The number of nitriles is 1. The van der Waals surface area contributed by atoms with Gasteiger partial charge in [-0.15, -0.1) is 0 Å². The molecule has 0 saturated carbocycles. The first-order valence-corrected chi connectivity index (χ1v) is 9.59. The Morgan fingerprint density at radius 1 is 1.07 bits per heavy atom. The minimum Gasteiger partial charge on any atom is -0.477 e. The van der Waals surface area contributed by atoms with Crippen molar-refractivity contribution >= 4 is 11.5 Å². The van der Waals surface area contributed by atoms with Crippen LogP contribution in [0.3, 0.4) is 0 Å². The van der Waals surface area contributed by atoms with Crippen LogP contribution in [0.25, 0.3) is 5.57 Å². The molecule has 0 heterocycles. The summed E-state index contributed by atoms with van der Waals surface area (Å²) in [5.41, 5.74) is 2.97. The Morgan fingerprint density at radius 3 is 2.37 bits per heavy atom. The van der Waals surface area contributed by atoms with E-state index in [1.807, 2.05) is 60.7 Å². The molecule has 0 amide bonds. The quantitative estimate of drug-likeness (QED) is 0.346. The molecule has 1 unspecified atom stereocenters. The van der Waals surface area contributed by atoms with Crippen LogP contribution >= 0.6 is 0 Å². The van der Waals surface area contributed by atoms with Crippen LogP contribution in [-0.4, -0.2) is 11.1 Å². The summed E-state index contributed by atoms with van der Waals surface area (Å²) >= 11 is 0. The fraction of sp³-hybridized carbons (Fsp3) is 0.333. The van der Waals surface area contributed by atoms with Crippen molar-refractivity contribution < 1.29 is 9.90 Å². The Hall–Kier alpha value is -2.86. The van der Waals surface area contributed by atoms with Gasteiger partial charge in [0.2, 0.25) is 0 Å². The van der Waals surface area contributed by atoms with E-state index >= 15 is 0 Å². The van der Waals surface area contributed by atoms with Gasteiger partial charge in [0.05, 0.1) is 0 Å². The maximum atomic E-state index is 11.7. The number of aryl methyl sites for hydroxylation is 1. The molecular weight excluding hydrogens is 334 g/mol. The van der Waals surface area contributed by atoms with Gasteiger partial charge in [-0.2, -0.15) is 5.26 Å². The van der Waals surface area contributed by atoms with Crippen molar-refractivity contribution in [2.75, 3.05) is 0 Å². The number of carbonyl (C=O) groups is 1. The molecule has 2 aromatic carbocycles. The summed E-state index contributed by atoms with van der Waals surface area (Å²) in [6, 6.07) is 19.1. The van der Waals surface area contributed by atoms with Crippen molar-refractivity contribution in [2.45, 2.75) is 46.0 Å². The molecule has 1 N–H and O–H groups in total. The van der Waals surface area contributed by atoms with Crippen molar-refractivity contribution in [3.63, 3.8) is 0 Å². The standard InChI is InChI=1S/C24H27NO2/c1-3-18(2)11-7-8-12-19-13-9-10-16-21(19)23(22(17-25)24(26)27)20-14-5-4-6-15-20/h4-6,9-10,13-16,18H,3,7-8,11-12H2,1-2H3,(H,26,27). The van der Waals surface area contributed by atoms with Gasteiger partial charge in [-0.05, 0) is 35.4 Å². The second-order valence-corrected chi connectivity index (χ2v) is 6.95. The molecule has 0 aliphatic rings. The maximum Gasteiger partial charge on any atom is 0.347 e. The van der Waals surface area contributed by atoms with Crippen LogP contribution in [0.2, 0.25) is 0 Å². The molecule has 1 atom stereocenters. The van der Waals surface area contributed by atoms with Gasteiger partial charge >= 0.3 is 5.97 Å². The molecule has 2 aromatic rings. The van der Waals surface area contributed by atoms with Gasteiger partial charge in [0.25, 0.3) is 0 Å². The summed E-state index contributed by atoms with van der Waals surface area (Å²) < 4.78 is 0. The van der Waals surface area contributed by atoms with E-state index in [1.165, 1.54) is 12.8 Å². The van der Waals surface area contributed by atoms with E-state index in [0.29, 0.717) is 5.57 Å². The van der Waals surface area contributed by atoms with E-state index in [2.05, 4.69) is 13.8 Å². The van der Waals surface area contributed by atoms with Crippen LogP contribution in [0.15, 0.2) is 60.2 Å². The third kappa shape index (κ3) is 5.56. The normalized spacial score (nSPS) is 12.8. The van der Waals surface area contributed by atoms with Crippen LogP contribution < -0.4 is 0 Å². The largest absolute Gasteiger partial charge is 0.477 e. The van der Waals surface area contributed by atoms with E-state index < -0.39 is 5.97 Å². The van der Waals surface area contributed by atoms with Gasteiger partial charge in [0, 0.05) is 5.57 Å². The van der Waals surface area contributed by atoms with E-state index in [0.717, 1.165) is 41.9 Å². The predicted molar refractivity (Wildman–Crippen MR) is 109 cm³/mol. The molecule has 0 aliphatic heterocycles. The Kier molecular flexibility index (Phi) is 7.82. The molecule has 0 bridgehead atoms. The maximum absolute atomic E-state index is 11.7. The number of benzene rings is 2. The Bertz CT molecular complexity index is 831. The molecule has 0 radical (unpaired) electrons. The van der Waals surface area contributed by atoms with E-state index in [1.54, 1.807) is 0 Å². The van der Waals surface area contributed by atoms with Crippen LogP contribution in [-0.2, 0) is 11.2 Å². The third-order valence-electron chi connectivity index (χ3n) is 5.01. The van der Waals surface area contributed by atoms with Gasteiger partial charge < -0.3 is 5.11 Å². The lowest BCUT2D eigenvalue weighted by Gasteiger charge is -2.15. The average molecular weight is 361 g/mol. The zero-order valence-electron chi connectivity index (χ0n) is 16.1. The molecule has 2 rings (SSSR count). The first-order chi connectivity index (χ1) is 13.1. The lowest BCUT2D eigenvalue weighted by molar-refractivity contribution is -0.132. The fourth-order valence-corrected chi connectivity index (χ4v) is 3.24. The molecule has 3 nitrogen and oxygen atoms in total. The van der Waals surface area contributed by atoms with Crippen molar-refractivity contribution in [1.82, 2.24) is 0 Å². The van der Waals surface area contributed by atoms with Gasteiger partial charge in [0.1, 0.15) is 11.6 Å². The monoisotopic (exact) mass is 361 g/mol. The van der Waals surface area contributed by atoms with Crippen molar-refractivity contribution in [1.29, 1.82) is 5.26 Å². The first kappa shape index (κ1) is 20.5. The highest BCUT2D eigenvalue weighted by molar-refractivity contribution is 6.04. The average Bonchev–Trinajstić information content (AvgIpc) is 2.70. The van der Waals surface area contributed by atoms with Crippen molar-refractivity contribution in [3.8, 4) is 6.07 Å². The zero-order chi connectivity index (χ0) is 19.6. The number of aliphatic carboxylic acids is 1. The van der Waals surface area contributed by atoms with Gasteiger partial charge in [0.15, 0.2) is 0 Å². The van der Waals surface area contributed by atoms with Crippen LogP contribution in [0.5, 0.6) is 0 Å². The van der Waals surface area contributed by atoms with E-state index in [4.69, 9.17) is 0 Å². The van der Waals surface area contributed by atoms with Gasteiger partial charge in [-0.25, -0.2) is 4.79 Å². The molecule has 140 valence electrons. The topological polar surface area (TPSA) is 61.1 Å². The number of hydrogen-bond donors (Lipinski definition) is 1. The second-order valence-electron chi connectivity index (χ2n) is 6.95. The summed E-state index contributed by atoms with van der Waals surface area (Å²) in [6.45, 7) is 4.49. The van der Waals surface area contributed by atoms with Crippen molar-refractivity contribution in [3.05, 3.63) is 76.9 Å². The molecule has 0 aliphatic carbocycles. The molecule has 0 aromatic heterocycles. The van der Waals surface area contributed by atoms with Gasteiger partial charge in [-0.3, -0.25) is 0 Å². The lowest BCUT2D eigenvalue weighted by Crippen LogP contribution is -2.06. The highest BCUT2D eigenvalue weighted by Gasteiger charge is 2.19. The minimum atomic E-state index is -1.19. The number of unbranched alkanes of at least 4 members (excludes halogenated alkanes) is 1. The Labute approximate surface area is 162 Å². The SMILES string of the molecule is CCC(C)CCCCc1ccccc1C(=C(C#N)C(=O)O)c1ccccc1. The number of rotatable bonds is 9. The van der Waals surface area contributed by atoms with E-state index in [-0.39, 0.29) is 5.57 Å². The summed E-state index contributed by atoms with van der Waals surface area (Å²) in [4.78, 5) is 11.7. The summed E-state index contributed by atoms with van der Waals surface area (Å²) in [7, 11) is 0. The minimum absolute atomic E-state index is 0.215. The van der Waals surface area contributed by atoms with E-state index in [9.17, 15) is 15.2 Å². The predicted octanol–water partition coefficient (Wildman–Crippen LogP) is 5.86. The number of nitrogens with zero attached hydrogens (tertiary/aromatic N) is 1. The summed E-state index contributed by atoms with van der Waals surface area (Å²) in [6.07, 6.45) is 5.48. The fourth-order valence-electron chi connectivity index (χ4n) is 3.24. The Balaban J connectivity index is 2.40. The summed E-state index contributed by atoms with van der Waals surface area (Å²) in [5.74, 6) is -0.458. The van der Waals surface area contributed by atoms with Crippen molar-refractivity contribution in [2.24, 2.45) is 5.92 Å². The summed E-state index contributed by atoms with van der Waals surface area (Å²) in [5, 5.41) is 19.1. The molecule has 3 heteroatoms. The lowest BCUT2D eigenvalue weighted by atomic mass is 9.88.